The van der Waals surface area contributed by atoms with Crippen LogP contribution in [0.15, 0.2) is 12.3 Å². The molecule has 6 heteroatoms. The molecule has 6 nitrogen and oxygen atoms in total. The second-order valence-corrected chi connectivity index (χ2v) is 6.05. The molecule has 0 bridgehead atoms. The molecule has 1 aliphatic heterocycles. The van der Waals surface area contributed by atoms with E-state index in [0.29, 0.717) is 43.5 Å². The number of nitrogens with zero attached hydrogens (tertiary/aromatic N) is 2. The molecule has 0 fully saturated rings. The lowest BCUT2D eigenvalue weighted by Gasteiger charge is -2.44. The Morgan fingerprint density at radius 2 is 2.00 bits per heavy atom. The first-order chi connectivity index (χ1) is 11.0. The summed E-state index contributed by atoms with van der Waals surface area (Å²) in [6, 6.07) is 2.28. The van der Waals surface area contributed by atoms with Crippen LogP contribution in [-0.2, 0) is 9.47 Å². The molecule has 0 saturated heterocycles. The number of hydrogen-bond donors (Lipinski definition) is 1. The number of esters is 1. The smallest absolute Gasteiger partial charge is 0.356 e. The third kappa shape index (κ3) is 3.87. The van der Waals surface area contributed by atoms with Gasteiger partial charge in [0.2, 0.25) is 0 Å². The van der Waals surface area contributed by atoms with Gasteiger partial charge < -0.3 is 20.5 Å². The Labute approximate surface area is 146 Å². The first-order valence-electron chi connectivity index (χ1n) is 8.56. The monoisotopic (exact) mass is 339 g/mol. The predicted molar refractivity (Wildman–Crippen MR) is 98.0 cm³/mol. The van der Waals surface area contributed by atoms with Crippen LogP contribution in [0.25, 0.3) is 0 Å². The highest BCUT2D eigenvalue weighted by Crippen LogP contribution is 2.43. The van der Waals surface area contributed by atoms with Crippen molar-refractivity contribution in [1.29, 1.82) is 0 Å². The topological polar surface area (TPSA) is 86.7 Å². The van der Waals surface area contributed by atoms with Crippen molar-refractivity contribution in [3.63, 3.8) is 0 Å². The zero-order valence-electron chi connectivity index (χ0n) is 15.5. The molecular weight excluding hydrogens is 306 g/mol. The summed E-state index contributed by atoms with van der Waals surface area (Å²) in [5.41, 5.74) is 2.64. The van der Waals surface area contributed by atoms with Gasteiger partial charge in [0.15, 0.2) is 0 Å². The summed E-state index contributed by atoms with van der Waals surface area (Å²) in [5.74, 6) is 0.534. The van der Waals surface area contributed by atoms with E-state index in [9.17, 15) is 4.79 Å². The molecule has 0 aromatic carbocycles. The third-order valence-electron chi connectivity index (χ3n) is 4.87. The normalized spacial score (nSPS) is 22.5. The van der Waals surface area contributed by atoms with E-state index < -0.39 is 0 Å². The summed E-state index contributed by atoms with van der Waals surface area (Å²) in [7, 11) is 0. The number of hydrogen-bond acceptors (Lipinski definition) is 6. The molecule has 138 valence electrons. The Morgan fingerprint density at radius 1 is 1.29 bits per heavy atom. The van der Waals surface area contributed by atoms with Crippen molar-refractivity contribution in [1.82, 2.24) is 11.1 Å². The molecule has 0 spiro atoms. The molecular formula is C18H33N3O3. The van der Waals surface area contributed by atoms with Crippen molar-refractivity contribution < 1.29 is 15.7 Å². The number of fused-ring (bicyclic) bond motifs is 1. The average Bonchev–Trinajstić information content (AvgIpc) is 2.55. The van der Waals surface area contributed by atoms with E-state index >= 15 is 0 Å². The van der Waals surface area contributed by atoms with E-state index in [2.05, 4.69) is 30.7 Å². The maximum atomic E-state index is 12.0. The number of aromatic nitrogens is 1. The summed E-state index contributed by atoms with van der Waals surface area (Å²) in [6.45, 7) is 12.1. The fourth-order valence-corrected chi connectivity index (χ4v) is 3.41. The number of carbonyl (C=O) groups excluding carboxylic acids is 1. The number of carbonyl (C=O) groups is 1. The molecule has 0 radical (unpaired) electrons. The van der Waals surface area contributed by atoms with Gasteiger partial charge in [-0.25, -0.2) is 9.78 Å². The lowest BCUT2D eigenvalue weighted by atomic mass is 9.77. The van der Waals surface area contributed by atoms with Crippen molar-refractivity contribution in [3.8, 4) is 0 Å². The van der Waals surface area contributed by atoms with Gasteiger partial charge in [0, 0.05) is 14.1 Å². The van der Waals surface area contributed by atoms with E-state index in [4.69, 9.17) is 9.47 Å². The zero-order valence-corrected chi connectivity index (χ0v) is 15.5. The third-order valence-corrected chi connectivity index (χ3v) is 4.87. The van der Waals surface area contributed by atoms with Crippen LogP contribution in [0.1, 0.15) is 64.4 Å². The Balaban J connectivity index is 0.00000288. The molecule has 1 aliphatic rings. The van der Waals surface area contributed by atoms with Crippen molar-refractivity contribution >= 4 is 11.7 Å². The summed E-state index contributed by atoms with van der Waals surface area (Å²) in [5, 5.41) is 0. The minimum absolute atomic E-state index is 0. The van der Waals surface area contributed by atoms with Crippen molar-refractivity contribution in [3.05, 3.63) is 23.5 Å². The Bertz CT molecular complexity index is 556. The molecule has 1 aromatic heterocycles. The lowest BCUT2D eigenvalue weighted by molar-refractivity contribution is 0.0519. The van der Waals surface area contributed by atoms with Gasteiger partial charge in [-0.15, -0.1) is 0 Å². The summed E-state index contributed by atoms with van der Waals surface area (Å²) < 4.78 is 10.7. The molecule has 3 unspecified atom stereocenters. The van der Waals surface area contributed by atoms with Gasteiger partial charge in [0.25, 0.3) is 0 Å². The van der Waals surface area contributed by atoms with Crippen LogP contribution >= 0.6 is 0 Å². The van der Waals surface area contributed by atoms with Crippen LogP contribution in [-0.4, -0.2) is 36.9 Å². The van der Waals surface area contributed by atoms with E-state index in [1.165, 1.54) is 5.56 Å². The Morgan fingerprint density at radius 3 is 2.58 bits per heavy atom. The first-order valence-corrected chi connectivity index (χ1v) is 8.56. The Kier molecular flexibility index (Phi) is 7.63. The highest BCUT2D eigenvalue weighted by Gasteiger charge is 2.36. The highest BCUT2D eigenvalue weighted by molar-refractivity contribution is 5.88. The van der Waals surface area contributed by atoms with E-state index in [0.717, 1.165) is 12.1 Å². The van der Waals surface area contributed by atoms with Gasteiger partial charge in [-0.1, -0.05) is 13.8 Å². The molecule has 2 heterocycles. The molecule has 0 saturated carbocycles. The molecule has 3 atom stereocenters. The molecule has 3 N–H and O–H groups in total. The minimum Gasteiger partial charge on any atom is -0.461 e. The largest absolute Gasteiger partial charge is 0.461 e. The SMILES string of the molecule is CCOCN1c2cnc(C(=O)OCC)cc2C(CC)C(C)C1C.N.[HH]. The van der Waals surface area contributed by atoms with Crippen LogP contribution in [0.2, 0.25) is 0 Å². The summed E-state index contributed by atoms with van der Waals surface area (Å²) >= 11 is 0. The zero-order chi connectivity index (χ0) is 17.0. The van der Waals surface area contributed by atoms with Crippen molar-refractivity contribution in [2.45, 2.75) is 53.0 Å². The number of pyridine rings is 1. The quantitative estimate of drug-likeness (QED) is 0.788. The van der Waals surface area contributed by atoms with Crippen LogP contribution in [0, 0.1) is 5.92 Å². The molecule has 2 rings (SSSR count). The van der Waals surface area contributed by atoms with E-state index in [1.54, 1.807) is 13.1 Å². The van der Waals surface area contributed by atoms with Gasteiger partial charge in [-0.2, -0.15) is 0 Å². The van der Waals surface area contributed by atoms with Crippen molar-refractivity contribution in [2.24, 2.45) is 5.92 Å². The van der Waals surface area contributed by atoms with E-state index in [1.807, 2.05) is 13.0 Å². The number of anilines is 1. The van der Waals surface area contributed by atoms with Gasteiger partial charge >= 0.3 is 5.97 Å². The first kappa shape index (κ1) is 20.4. The minimum atomic E-state index is -0.354. The summed E-state index contributed by atoms with van der Waals surface area (Å²) in [6.07, 6.45) is 2.83. The van der Waals surface area contributed by atoms with Crippen molar-refractivity contribution in [2.75, 3.05) is 24.8 Å². The predicted octanol–water partition coefficient (Wildman–Crippen LogP) is 4.00. The maximum Gasteiger partial charge on any atom is 0.356 e. The van der Waals surface area contributed by atoms with Gasteiger partial charge in [-0.3, -0.25) is 0 Å². The van der Waals surface area contributed by atoms with Gasteiger partial charge in [0.1, 0.15) is 12.4 Å². The second-order valence-electron chi connectivity index (χ2n) is 6.05. The van der Waals surface area contributed by atoms with Gasteiger partial charge in [0.05, 0.1) is 18.5 Å². The van der Waals surface area contributed by atoms with Crippen LogP contribution in [0.5, 0.6) is 0 Å². The molecule has 1 aromatic rings. The van der Waals surface area contributed by atoms with Crippen LogP contribution in [0.4, 0.5) is 5.69 Å². The Hall–Kier alpha value is -1.66. The number of rotatable bonds is 6. The molecule has 24 heavy (non-hydrogen) atoms. The highest BCUT2D eigenvalue weighted by atomic mass is 16.5. The average molecular weight is 339 g/mol. The molecule has 0 amide bonds. The second kappa shape index (κ2) is 8.99. The number of ether oxygens (including phenoxy) is 2. The lowest BCUT2D eigenvalue weighted by Crippen LogP contribution is -2.45. The fourth-order valence-electron chi connectivity index (χ4n) is 3.41. The summed E-state index contributed by atoms with van der Waals surface area (Å²) in [4.78, 5) is 18.6. The van der Waals surface area contributed by atoms with Gasteiger partial charge in [-0.05, 0) is 50.7 Å². The standard InChI is InChI=1S/C18H28N2O3.H3N.H2/c1-6-14-12(4)13(5)20(11-22-7-2)17-10-19-16(9-15(14)17)18(21)23-8-3;;/h9-10,12-14H,6-8,11H2,1-5H3;1H3;1H. The van der Waals surface area contributed by atoms with Crippen LogP contribution in [0.3, 0.4) is 0 Å². The van der Waals surface area contributed by atoms with Crippen LogP contribution < -0.4 is 11.1 Å². The maximum absolute atomic E-state index is 12.0. The fraction of sp³-hybridized carbons (Fsp3) is 0.667. The molecule has 0 aliphatic carbocycles. The van der Waals surface area contributed by atoms with E-state index in [-0.39, 0.29) is 13.5 Å².